The molecule has 0 aliphatic rings. The molecular formula is C10H14N2OS. The summed E-state index contributed by atoms with van der Waals surface area (Å²) in [6.45, 7) is 3.90. The molecule has 0 fully saturated rings. The average Bonchev–Trinajstić information content (AvgIpc) is 2.01. The third-order valence-electron chi connectivity index (χ3n) is 1.59. The van der Waals surface area contributed by atoms with Gasteiger partial charge >= 0.3 is 0 Å². The fourth-order valence-electron chi connectivity index (χ4n) is 1.10. The zero-order chi connectivity index (χ0) is 10.7. The first-order valence-corrected chi connectivity index (χ1v) is 4.77. The van der Waals surface area contributed by atoms with E-state index in [0.717, 1.165) is 5.56 Å². The van der Waals surface area contributed by atoms with Gasteiger partial charge in [0.25, 0.3) is 0 Å². The molecule has 1 aromatic rings. The van der Waals surface area contributed by atoms with Crippen molar-refractivity contribution in [3.05, 3.63) is 23.8 Å². The van der Waals surface area contributed by atoms with Gasteiger partial charge in [0.2, 0.25) is 0 Å². The largest absolute Gasteiger partial charge is 0.491 e. The Morgan fingerprint density at radius 1 is 1.36 bits per heavy atom. The quantitative estimate of drug-likeness (QED) is 0.588. The number of rotatable bonds is 3. The number of nitrogens with two attached hydrogens (primary N) is 2. The predicted molar refractivity (Wildman–Crippen MR) is 62.5 cm³/mol. The van der Waals surface area contributed by atoms with Crippen LogP contribution in [0, 0.1) is 0 Å². The van der Waals surface area contributed by atoms with E-state index in [2.05, 4.69) is 0 Å². The van der Waals surface area contributed by atoms with Gasteiger partial charge in [-0.1, -0.05) is 12.2 Å². The van der Waals surface area contributed by atoms with Crippen LogP contribution in [0.3, 0.4) is 0 Å². The molecule has 0 aliphatic carbocycles. The highest BCUT2D eigenvalue weighted by atomic mass is 32.1. The molecule has 0 atom stereocenters. The van der Waals surface area contributed by atoms with Gasteiger partial charge in [-0.05, 0) is 26.0 Å². The summed E-state index contributed by atoms with van der Waals surface area (Å²) in [6.07, 6.45) is 0.107. The summed E-state index contributed by atoms with van der Waals surface area (Å²) in [5, 5.41) is 0. The van der Waals surface area contributed by atoms with Crippen LogP contribution in [0.25, 0.3) is 0 Å². The van der Waals surface area contributed by atoms with E-state index in [-0.39, 0.29) is 6.10 Å². The number of anilines is 1. The number of hydrogen-bond acceptors (Lipinski definition) is 3. The Hall–Kier alpha value is -1.29. The molecular weight excluding hydrogens is 196 g/mol. The third kappa shape index (κ3) is 2.88. The van der Waals surface area contributed by atoms with Crippen LogP contribution in [0.2, 0.25) is 0 Å². The maximum atomic E-state index is 5.68. The summed E-state index contributed by atoms with van der Waals surface area (Å²) in [6, 6.07) is 5.27. The zero-order valence-corrected chi connectivity index (χ0v) is 9.10. The number of thiocarbonyl (C=S) groups is 1. The molecule has 0 aromatic heterocycles. The number of ether oxygens (including phenoxy) is 1. The summed E-state index contributed by atoms with van der Waals surface area (Å²) < 4.78 is 5.49. The van der Waals surface area contributed by atoms with Crippen molar-refractivity contribution in [2.75, 3.05) is 5.73 Å². The maximum absolute atomic E-state index is 5.68. The fraction of sp³-hybridized carbons (Fsp3) is 0.300. The topological polar surface area (TPSA) is 61.3 Å². The van der Waals surface area contributed by atoms with Crippen molar-refractivity contribution in [3.8, 4) is 5.75 Å². The van der Waals surface area contributed by atoms with Gasteiger partial charge in [-0.3, -0.25) is 0 Å². The lowest BCUT2D eigenvalue weighted by Crippen LogP contribution is -2.11. The van der Waals surface area contributed by atoms with Crippen LogP contribution in [-0.2, 0) is 0 Å². The average molecular weight is 210 g/mol. The molecule has 3 nitrogen and oxygen atoms in total. The molecule has 0 aliphatic heterocycles. The van der Waals surface area contributed by atoms with E-state index < -0.39 is 0 Å². The number of nitrogen functional groups attached to an aromatic ring is 1. The minimum Gasteiger partial charge on any atom is -0.491 e. The molecule has 0 heterocycles. The SMILES string of the molecule is CC(C)Oc1cc(N)cc(C(N)=S)c1. The van der Waals surface area contributed by atoms with Crippen molar-refractivity contribution in [1.82, 2.24) is 0 Å². The van der Waals surface area contributed by atoms with Crippen LogP contribution in [0.1, 0.15) is 19.4 Å². The Morgan fingerprint density at radius 3 is 2.50 bits per heavy atom. The van der Waals surface area contributed by atoms with Crippen LogP contribution in [0.4, 0.5) is 5.69 Å². The molecule has 14 heavy (non-hydrogen) atoms. The zero-order valence-electron chi connectivity index (χ0n) is 8.28. The smallest absolute Gasteiger partial charge is 0.122 e. The van der Waals surface area contributed by atoms with E-state index >= 15 is 0 Å². The molecule has 1 rings (SSSR count). The van der Waals surface area contributed by atoms with E-state index in [1.165, 1.54) is 0 Å². The van der Waals surface area contributed by atoms with E-state index in [9.17, 15) is 0 Å². The molecule has 1 aromatic carbocycles. The summed E-state index contributed by atoms with van der Waals surface area (Å²) in [4.78, 5) is 0.325. The van der Waals surface area contributed by atoms with Crippen molar-refractivity contribution in [2.24, 2.45) is 5.73 Å². The minimum absolute atomic E-state index is 0.107. The highest BCUT2D eigenvalue weighted by molar-refractivity contribution is 7.80. The Kier molecular flexibility index (Phi) is 3.30. The van der Waals surface area contributed by atoms with E-state index in [0.29, 0.717) is 16.4 Å². The Labute approximate surface area is 89.0 Å². The summed E-state index contributed by atoms with van der Waals surface area (Å²) in [5.41, 5.74) is 12.5. The summed E-state index contributed by atoms with van der Waals surface area (Å²) in [5.74, 6) is 0.697. The van der Waals surface area contributed by atoms with Gasteiger partial charge in [0.05, 0.1) is 6.10 Å². The first-order chi connectivity index (χ1) is 6.49. The lowest BCUT2D eigenvalue weighted by atomic mass is 10.2. The molecule has 0 bridgehead atoms. The lowest BCUT2D eigenvalue weighted by molar-refractivity contribution is 0.242. The van der Waals surface area contributed by atoms with Crippen LogP contribution in [-0.4, -0.2) is 11.1 Å². The normalized spacial score (nSPS) is 10.2. The minimum atomic E-state index is 0.107. The second-order valence-corrected chi connectivity index (χ2v) is 3.76. The third-order valence-corrected chi connectivity index (χ3v) is 1.82. The van der Waals surface area contributed by atoms with Crippen LogP contribution in [0.15, 0.2) is 18.2 Å². The first-order valence-electron chi connectivity index (χ1n) is 4.36. The van der Waals surface area contributed by atoms with Gasteiger partial charge in [0.1, 0.15) is 10.7 Å². The molecule has 4 heteroatoms. The van der Waals surface area contributed by atoms with Gasteiger partial charge in [0.15, 0.2) is 0 Å². The fourth-order valence-corrected chi connectivity index (χ4v) is 1.22. The van der Waals surface area contributed by atoms with E-state index in [4.69, 9.17) is 28.4 Å². The highest BCUT2D eigenvalue weighted by Crippen LogP contribution is 2.19. The molecule has 0 amide bonds. The highest BCUT2D eigenvalue weighted by Gasteiger charge is 2.03. The van der Waals surface area contributed by atoms with Crippen molar-refractivity contribution in [3.63, 3.8) is 0 Å². The van der Waals surface area contributed by atoms with Gasteiger partial charge in [0, 0.05) is 17.3 Å². The van der Waals surface area contributed by atoms with Crippen LogP contribution in [0.5, 0.6) is 5.75 Å². The van der Waals surface area contributed by atoms with Gasteiger partial charge in [-0.25, -0.2) is 0 Å². The lowest BCUT2D eigenvalue weighted by Gasteiger charge is -2.11. The molecule has 0 saturated carbocycles. The molecule has 0 saturated heterocycles. The Bertz CT molecular complexity index is 350. The molecule has 0 radical (unpaired) electrons. The second kappa shape index (κ2) is 4.28. The molecule has 76 valence electrons. The van der Waals surface area contributed by atoms with Gasteiger partial charge in [-0.2, -0.15) is 0 Å². The first kappa shape index (κ1) is 10.8. The molecule has 0 spiro atoms. The van der Waals surface area contributed by atoms with Crippen molar-refractivity contribution in [2.45, 2.75) is 20.0 Å². The number of hydrogen-bond donors (Lipinski definition) is 2. The maximum Gasteiger partial charge on any atom is 0.122 e. The monoisotopic (exact) mass is 210 g/mol. The van der Waals surface area contributed by atoms with Crippen molar-refractivity contribution >= 4 is 22.9 Å². The second-order valence-electron chi connectivity index (χ2n) is 3.32. The van der Waals surface area contributed by atoms with Crippen molar-refractivity contribution < 1.29 is 4.74 Å². The Morgan fingerprint density at radius 2 is 2.00 bits per heavy atom. The number of benzene rings is 1. The van der Waals surface area contributed by atoms with Crippen LogP contribution < -0.4 is 16.2 Å². The van der Waals surface area contributed by atoms with Gasteiger partial charge in [-0.15, -0.1) is 0 Å². The standard InChI is InChI=1S/C10H14N2OS/c1-6(2)13-9-4-7(10(12)14)3-8(11)5-9/h3-6H,11H2,1-2H3,(H2,12,14). The Balaban J connectivity index is 3.01. The summed E-state index contributed by atoms with van der Waals surface area (Å²) in [7, 11) is 0. The van der Waals surface area contributed by atoms with Gasteiger partial charge < -0.3 is 16.2 Å². The van der Waals surface area contributed by atoms with Crippen LogP contribution >= 0.6 is 12.2 Å². The predicted octanol–water partition coefficient (Wildman–Crippen LogP) is 1.69. The van der Waals surface area contributed by atoms with E-state index in [1.807, 2.05) is 13.8 Å². The van der Waals surface area contributed by atoms with E-state index in [1.54, 1.807) is 18.2 Å². The molecule has 0 unspecified atom stereocenters. The van der Waals surface area contributed by atoms with Crippen molar-refractivity contribution in [1.29, 1.82) is 0 Å². The molecule has 4 N–H and O–H groups in total. The summed E-state index contributed by atoms with van der Waals surface area (Å²) >= 11 is 4.86.